The van der Waals surface area contributed by atoms with E-state index in [1.165, 1.54) is 0 Å². The number of nitrogens with zero attached hydrogens (tertiary/aromatic N) is 2. The van der Waals surface area contributed by atoms with Crippen LogP contribution in [0.15, 0.2) is 54.9 Å². The van der Waals surface area contributed by atoms with E-state index in [0.717, 1.165) is 11.1 Å². The molecule has 1 aromatic heterocycles. The molecule has 1 atom stereocenters. The van der Waals surface area contributed by atoms with Crippen molar-refractivity contribution >= 4 is 14.2 Å². The second-order valence-corrected chi connectivity index (χ2v) is 11.6. The van der Waals surface area contributed by atoms with Gasteiger partial charge in [0.25, 0.3) is 0 Å². The summed E-state index contributed by atoms with van der Waals surface area (Å²) in [7, 11) is -1.70. The largest absolute Gasteiger partial charge is 0.416 e. The van der Waals surface area contributed by atoms with E-state index in [0.29, 0.717) is 19.7 Å². The van der Waals surface area contributed by atoms with Gasteiger partial charge in [0.05, 0.1) is 5.92 Å². The van der Waals surface area contributed by atoms with Crippen molar-refractivity contribution in [3.8, 4) is 0 Å². The minimum Gasteiger partial charge on any atom is -0.416 e. The molecule has 1 amide bonds. The van der Waals surface area contributed by atoms with E-state index in [1.807, 2.05) is 54.3 Å². The number of rotatable bonds is 8. The van der Waals surface area contributed by atoms with Gasteiger partial charge >= 0.3 is 0 Å². The van der Waals surface area contributed by atoms with Crippen LogP contribution in [0.25, 0.3) is 0 Å². The second-order valence-electron chi connectivity index (χ2n) is 7.09. The summed E-state index contributed by atoms with van der Waals surface area (Å²) in [6.07, 6.45) is 3.52. The molecule has 2 aromatic rings. The van der Waals surface area contributed by atoms with Crippen LogP contribution in [0.4, 0.5) is 0 Å². The van der Waals surface area contributed by atoms with Gasteiger partial charge in [0.15, 0.2) is 8.32 Å². The van der Waals surface area contributed by atoms with Crippen LogP contribution >= 0.6 is 0 Å². The molecule has 2 rings (SSSR count). The van der Waals surface area contributed by atoms with Crippen molar-refractivity contribution in [2.24, 2.45) is 0 Å². The number of likely N-dealkylation sites (N-methyl/N-ethyl adjacent to an activating group) is 1. The lowest BCUT2D eigenvalue weighted by molar-refractivity contribution is -0.134. The summed E-state index contributed by atoms with van der Waals surface area (Å²) in [6, 6.07) is 13.8. The zero-order chi connectivity index (χ0) is 18.3. The van der Waals surface area contributed by atoms with Crippen molar-refractivity contribution in [3.63, 3.8) is 0 Å². The summed E-state index contributed by atoms with van der Waals surface area (Å²) in [5, 5.41) is 0. The maximum absolute atomic E-state index is 13.2. The molecule has 0 saturated heterocycles. The van der Waals surface area contributed by atoms with Crippen LogP contribution in [0.1, 0.15) is 24.0 Å². The third kappa shape index (κ3) is 6.10. The Balaban J connectivity index is 2.20. The summed E-state index contributed by atoms with van der Waals surface area (Å²) in [5.74, 6) is -0.154. The molecule has 0 radical (unpaired) electrons. The van der Waals surface area contributed by atoms with Gasteiger partial charge in [0, 0.05) is 32.1 Å². The number of hydrogen-bond acceptors (Lipinski definition) is 3. The lowest BCUT2D eigenvalue weighted by Crippen LogP contribution is -2.38. The SMILES string of the molecule is CCN(Cc1ccncc1)C(=O)C(CO[Si](C)(C)C)c1ccccc1. The minimum atomic E-state index is -1.70. The summed E-state index contributed by atoms with van der Waals surface area (Å²) in [5.41, 5.74) is 2.10. The van der Waals surface area contributed by atoms with Crippen molar-refractivity contribution < 1.29 is 9.22 Å². The fraction of sp³-hybridized carbons (Fsp3) is 0.400. The number of carbonyl (C=O) groups excluding carboxylic acids is 1. The maximum Gasteiger partial charge on any atom is 0.232 e. The predicted molar refractivity (Wildman–Crippen MR) is 104 cm³/mol. The van der Waals surface area contributed by atoms with E-state index in [9.17, 15) is 4.79 Å². The van der Waals surface area contributed by atoms with Crippen LogP contribution in [0.2, 0.25) is 19.6 Å². The molecule has 5 heteroatoms. The van der Waals surface area contributed by atoms with Gasteiger partial charge in [-0.05, 0) is 49.8 Å². The van der Waals surface area contributed by atoms with Gasteiger partial charge < -0.3 is 9.33 Å². The van der Waals surface area contributed by atoms with Gasteiger partial charge in [-0.3, -0.25) is 9.78 Å². The first kappa shape index (κ1) is 19.3. The number of amides is 1. The van der Waals surface area contributed by atoms with Gasteiger partial charge in [0.1, 0.15) is 0 Å². The molecule has 0 fully saturated rings. The Hall–Kier alpha value is -1.98. The molecule has 25 heavy (non-hydrogen) atoms. The van der Waals surface area contributed by atoms with Gasteiger partial charge in [-0.2, -0.15) is 0 Å². The second kappa shape index (κ2) is 8.92. The molecule has 134 valence electrons. The maximum atomic E-state index is 13.2. The molecule has 0 saturated carbocycles. The number of carbonyl (C=O) groups is 1. The Kier molecular flexibility index (Phi) is 6.90. The van der Waals surface area contributed by atoms with Gasteiger partial charge in [-0.1, -0.05) is 30.3 Å². The number of pyridine rings is 1. The third-order valence-corrected chi connectivity index (χ3v) is 5.03. The van der Waals surface area contributed by atoms with Crippen LogP contribution in [0.5, 0.6) is 0 Å². The first-order valence-corrected chi connectivity index (χ1v) is 12.2. The van der Waals surface area contributed by atoms with E-state index in [-0.39, 0.29) is 11.8 Å². The van der Waals surface area contributed by atoms with E-state index in [1.54, 1.807) is 12.4 Å². The fourth-order valence-corrected chi connectivity index (χ4v) is 3.27. The highest BCUT2D eigenvalue weighted by molar-refractivity contribution is 6.69. The number of benzene rings is 1. The summed E-state index contributed by atoms with van der Waals surface area (Å²) in [6.45, 7) is 10.1. The van der Waals surface area contributed by atoms with Crippen LogP contribution in [-0.2, 0) is 15.8 Å². The summed E-state index contributed by atoms with van der Waals surface area (Å²) in [4.78, 5) is 19.2. The molecule has 1 aromatic carbocycles. The predicted octanol–water partition coefficient (Wildman–Crippen LogP) is 4.07. The van der Waals surface area contributed by atoms with Crippen LogP contribution in [-0.4, -0.2) is 37.3 Å². The van der Waals surface area contributed by atoms with Crippen molar-refractivity contribution in [2.75, 3.05) is 13.2 Å². The highest BCUT2D eigenvalue weighted by atomic mass is 28.4. The van der Waals surface area contributed by atoms with Crippen molar-refractivity contribution in [1.29, 1.82) is 0 Å². The van der Waals surface area contributed by atoms with E-state index in [2.05, 4.69) is 24.6 Å². The Morgan fingerprint density at radius 1 is 1.12 bits per heavy atom. The molecule has 1 unspecified atom stereocenters. The molecular formula is C20H28N2O2Si. The van der Waals surface area contributed by atoms with E-state index in [4.69, 9.17) is 4.43 Å². The Labute approximate surface area is 152 Å². The Morgan fingerprint density at radius 2 is 1.76 bits per heavy atom. The summed E-state index contributed by atoms with van der Waals surface area (Å²) < 4.78 is 6.09. The minimum absolute atomic E-state index is 0.115. The molecule has 0 aliphatic heterocycles. The highest BCUT2D eigenvalue weighted by Crippen LogP contribution is 2.22. The lowest BCUT2D eigenvalue weighted by Gasteiger charge is -2.29. The van der Waals surface area contributed by atoms with Crippen LogP contribution in [0, 0.1) is 0 Å². The zero-order valence-electron chi connectivity index (χ0n) is 15.6. The smallest absolute Gasteiger partial charge is 0.232 e. The van der Waals surface area contributed by atoms with Crippen molar-refractivity contribution in [1.82, 2.24) is 9.88 Å². The van der Waals surface area contributed by atoms with E-state index < -0.39 is 8.32 Å². The first-order valence-electron chi connectivity index (χ1n) is 8.77. The average molecular weight is 357 g/mol. The quantitative estimate of drug-likeness (QED) is 0.670. The highest BCUT2D eigenvalue weighted by Gasteiger charge is 2.27. The van der Waals surface area contributed by atoms with Crippen LogP contribution < -0.4 is 0 Å². The molecule has 4 nitrogen and oxygen atoms in total. The summed E-state index contributed by atoms with van der Waals surface area (Å²) >= 11 is 0. The van der Waals surface area contributed by atoms with Crippen molar-refractivity contribution in [2.45, 2.75) is 39.0 Å². The van der Waals surface area contributed by atoms with Crippen LogP contribution in [0.3, 0.4) is 0 Å². The van der Waals surface area contributed by atoms with Gasteiger partial charge in [-0.25, -0.2) is 0 Å². The topological polar surface area (TPSA) is 42.4 Å². The van der Waals surface area contributed by atoms with Gasteiger partial charge in [-0.15, -0.1) is 0 Å². The van der Waals surface area contributed by atoms with E-state index >= 15 is 0 Å². The first-order chi connectivity index (χ1) is 11.9. The molecular weight excluding hydrogens is 328 g/mol. The van der Waals surface area contributed by atoms with Gasteiger partial charge in [0.2, 0.25) is 5.91 Å². The number of aromatic nitrogens is 1. The molecule has 0 aliphatic rings. The Bertz CT molecular complexity index is 656. The zero-order valence-corrected chi connectivity index (χ0v) is 16.6. The monoisotopic (exact) mass is 356 g/mol. The standard InChI is InChI=1S/C20H28N2O2Si/c1-5-22(15-17-11-13-21-14-12-17)20(23)19(16-24-25(2,3)4)18-9-7-6-8-10-18/h6-14,19H,5,15-16H2,1-4H3. The average Bonchev–Trinajstić information content (AvgIpc) is 2.60. The molecule has 0 aliphatic carbocycles. The number of hydrogen-bond donors (Lipinski definition) is 0. The van der Waals surface area contributed by atoms with Crippen molar-refractivity contribution in [3.05, 3.63) is 66.0 Å². The third-order valence-electron chi connectivity index (χ3n) is 4.00. The Morgan fingerprint density at radius 3 is 2.32 bits per heavy atom. The molecule has 1 heterocycles. The molecule has 0 spiro atoms. The fourth-order valence-electron chi connectivity index (χ4n) is 2.60. The molecule has 0 N–H and O–H groups in total. The lowest BCUT2D eigenvalue weighted by atomic mass is 9.98. The molecule has 0 bridgehead atoms. The normalized spacial score (nSPS) is 12.6.